The number of nitrogens with one attached hydrogen (secondary N) is 1. The van der Waals surface area contributed by atoms with Crippen LogP contribution in [-0.4, -0.2) is 22.5 Å². The van der Waals surface area contributed by atoms with Gasteiger partial charge in [0.05, 0.1) is 6.04 Å². The van der Waals surface area contributed by atoms with Gasteiger partial charge in [-0.1, -0.05) is 37.4 Å². The van der Waals surface area contributed by atoms with E-state index in [1.54, 1.807) is 0 Å². The van der Waals surface area contributed by atoms with Crippen molar-refractivity contribution in [1.82, 2.24) is 5.32 Å². The number of aliphatic imine (C=N–C) groups is 1. The Bertz CT molecular complexity index is 400. The average Bonchev–Trinajstić information content (AvgIpc) is 3.16. The van der Waals surface area contributed by atoms with Crippen molar-refractivity contribution in [3.63, 3.8) is 0 Å². The van der Waals surface area contributed by atoms with Crippen LogP contribution in [0.25, 0.3) is 0 Å². The molecule has 1 aliphatic heterocycles. The van der Waals surface area contributed by atoms with Crippen molar-refractivity contribution in [2.75, 3.05) is 5.75 Å². The summed E-state index contributed by atoms with van der Waals surface area (Å²) < 4.78 is 0. The van der Waals surface area contributed by atoms with E-state index in [1.807, 2.05) is 11.8 Å². The van der Waals surface area contributed by atoms with Gasteiger partial charge in [-0.2, -0.15) is 0 Å². The molecule has 2 bridgehead atoms. The van der Waals surface area contributed by atoms with E-state index in [0.29, 0.717) is 11.6 Å². The summed E-state index contributed by atoms with van der Waals surface area (Å²) >= 11 is 1.99. The molecular formula is C17H28N2S. The molecule has 0 radical (unpaired) electrons. The van der Waals surface area contributed by atoms with Crippen LogP contribution in [0, 0.1) is 17.8 Å². The van der Waals surface area contributed by atoms with Crippen molar-refractivity contribution < 1.29 is 0 Å². The molecule has 4 atom stereocenters. The van der Waals surface area contributed by atoms with Crippen molar-refractivity contribution >= 4 is 16.9 Å². The van der Waals surface area contributed by atoms with Crippen LogP contribution in [0.3, 0.4) is 0 Å². The molecule has 4 rings (SSSR count). The summed E-state index contributed by atoms with van der Waals surface area (Å²) in [6.45, 7) is 2.37. The number of thioether (sulfide) groups is 1. The van der Waals surface area contributed by atoms with Gasteiger partial charge < -0.3 is 5.32 Å². The van der Waals surface area contributed by atoms with E-state index in [9.17, 15) is 0 Å². The number of fused-ring (bicyclic) bond motifs is 2. The van der Waals surface area contributed by atoms with Crippen molar-refractivity contribution in [2.45, 2.75) is 76.3 Å². The van der Waals surface area contributed by atoms with E-state index >= 15 is 0 Å². The maximum Gasteiger partial charge on any atom is 0.157 e. The van der Waals surface area contributed by atoms with Crippen LogP contribution in [0.2, 0.25) is 0 Å². The predicted molar refractivity (Wildman–Crippen MR) is 87.2 cm³/mol. The summed E-state index contributed by atoms with van der Waals surface area (Å²) in [5, 5.41) is 5.08. The molecule has 1 saturated heterocycles. The zero-order valence-corrected chi connectivity index (χ0v) is 13.6. The molecule has 20 heavy (non-hydrogen) atoms. The Balaban J connectivity index is 1.40. The molecule has 3 aliphatic carbocycles. The molecule has 4 unspecified atom stereocenters. The summed E-state index contributed by atoms with van der Waals surface area (Å²) in [6, 6.07) is 0.541. The van der Waals surface area contributed by atoms with Crippen LogP contribution in [0.15, 0.2) is 4.99 Å². The van der Waals surface area contributed by atoms with E-state index in [2.05, 4.69) is 12.2 Å². The lowest BCUT2D eigenvalue weighted by atomic mass is 9.83. The first kappa shape index (κ1) is 13.5. The molecule has 1 N–H and O–H groups in total. The topological polar surface area (TPSA) is 24.4 Å². The van der Waals surface area contributed by atoms with Crippen molar-refractivity contribution in [3.05, 3.63) is 0 Å². The Labute approximate surface area is 127 Å². The van der Waals surface area contributed by atoms with E-state index in [4.69, 9.17) is 4.99 Å². The second kappa shape index (κ2) is 5.23. The number of hydrogen-bond donors (Lipinski definition) is 1. The van der Waals surface area contributed by atoms with Gasteiger partial charge >= 0.3 is 0 Å². The number of amidine groups is 1. The van der Waals surface area contributed by atoms with Crippen LogP contribution in [0.1, 0.15) is 64.7 Å². The Morgan fingerprint density at radius 2 is 2.05 bits per heavy atom. The fourth-order valence-electron chi connectivity index (χ4n) is 5.24. The van der Waals surface area contributed by atoms with Gasteiger partial charge in [-0.3, -0.25) is 4.99 Å². The number of hydrogen-bond acceptors (Lipinski definition) is 2. The Kier molecular flexibility index (Phi) is 3.52. The molecular weight excluding hydrogens is 264 g/mol. The molecule has 0 amide bonds. The largest absolute Gasteiger partial charge is 0.359 e. The SMILES string of the molecule is CC(N=C1NC2(CCCCC2)CS1)C1CC2CCC1C2. The standard InChI is InChI=1S/C17H28N2S/c1-12(15-10-13-5-6-14(15)9-13)18-16-19-17(11-20-16)7-3-2-4-8-17/h12-15H,2-11H2,1H3,(H,18,19). The molecule has 1 heterocycles. The van der Waals surface area contributed by atoms with Crippen LogP contribution in [-0.2, 0) is 0 Å². The molecule has 4 fully saturated rings. The third-order valence-electron chi connectivity index (χ3n) is 6.40. The van der Waals surface area contributed by atoms with E-state index in [-0.39, 0.29) is 0 Å². The summed E-state index contributed by atoms with van der Waals surface area (Å²) in [5.41, 5.74) is 0.413. The van der Waals surface area contributed by atoms with Crippen LogP contribution in [0.4, 0.5) is 0 Å². The first-order chi connectivity index (χ1) is 9.74. The van der Waals surface area contributed by atoms with Crippen molar-refractivity contribution in [1.29, 1.82) is 0 Å². The van der Waals surface area contributed by atoms with Crippen molar-refractivity contribution in [3.8, 4) is 0 Å². The lowest BCUT2D eigenvalue weighted by Gasteiger charge is -2.33. The third-order valence-corrected chi connectivity index (χ3v) is 7.58. The summed E-state index contributed by atoms with van der Waals surface area (Å²) in [6.07, 6.45) is 12.9. The maximum absolute atomic E-state index is 5.09. The van der Waals surface area contributed by atoms with E-state index in [1.165, 1.54) is 68.7 Å². The quantitative estimate of drug-likeness (QED) is 0.824. The second-order valence-electron chi connectivity index (χ2n) is 7.77. The minimum absolute atomic E-state index is 0.413. The highest BCUT2D eigenvalue weighted by atomic mass is 32.2. The second-order valence-corrected chi connectivity index (χ2v) is 8.73. The number of nitrogens with zero attached hydrogens (tertiary/aromatic N) is 1. The predicted octanol–water partition coefficient (Wildman–Crippen LogP) is 4.21. The lowest BCUT2D eigenvalue weighted by Crippen LogP contribution is -2.45. The fourth-order valence-corrected chi connectivity index (χ4v) is 6.54. The van der Waals surface area contributed by atoms with Crippen LogP contribution < -0.4 is 5.32 Å². The van der Waals surface area contributed by atoms with Gasteiger partial charge in [0.2, 0.25) is 0 Å². The highest BCUT2D eigenvalue weighted by Gasteiger charge is 2.43. The Hall–Kier alpha value is -0.180. The molecule has 2 nitrogen and oxygen atoms in total. The minimum Gasteiger partial charge on any atom is -0.359 e. The fraction of sp³-hybridized carbons (Fsp3) is 0.941. The zero-order valence-electron chi connectivity index (χ0n) is 12.7. The zero-order chi connectivity index (χ0) is 13.6. The monoisotopic (exact) mass is 292 g/mol. The summed E-state index contributed by atoms with van der Waals surface area (Å²) in [5.74, 6) is 4.18. The van der Waals surface area contributed by atoms with Crippen molar-refractivity contribution in [2.24, 2.45) is 22.7 Å². The normalized spacial score (nSPS) is 42.2. The average molecular weight is 292 g/mol. The minimum atomic E-state index is 0.413. The van der Waals surface area contributed by atoms with Gasteiger partial charge in [-0.25, -0.2) is 0 Å². The van der Waals surface area contributed by atoms with E-state index in [0.717, 1.165) is 17.8 Å². The first-order valence-electron chi connectivity index (χ1n) is 8.73. The maximum atomic E-state index is 5.09. The van der Waals surface area contributed by atoms with Gasteiger partial charge in [0.1, 0.15) is 0 Å². The number of rotatable bonds is 2. The van der Waals surface area contributed by atoms with E-state index < -0.39 is 0 Å². The van der Waals surface area contributed by atoms with Gasteiger partial charge in [-0.05, 0) is 56.8 Å². The molecule has 0 aromatic carbocycles. The molecule has 0 aromatic rings. The molecule has 4 aliphatic rings. The van der Waals surface area contributed by atoms with Gasteiger partial charge in [0.15, 0.2) is 5.17 Å². The Morgan fingerprint density at radius 3 is 2.75 bits per heavy atom. The van der Waals surface area contributed by atoms with Gasteiger partial charge in [-0.15, -0.1) is 0 Å². The molecule has 112 valence electrons. The lowest BCUT2D eigenvalue weighted by molar-refractivity contribution is 0.289. The highest BCUT2D eigenvalue weighted by molar-refractivity contribution is 8.14. The molecule has 0 aromatic heterocycles. The molecule has 1 spiro atoms. The summed E-state index contributed by atoms with van der Waals surface area (Å²) in [7, 11) is 0. The highest BCUT2D eigenvalue weighted by Crippen LogP contribution is 2.50. The smallest absolute Gasteiger partial charge is 0.157 e. The molecule has 3 heteroatoms. The summed E-state index contributed by atoms with van der Waals surface area (Å²) in [4.78, 5) is 5.09. The first-order valence-corrected chi connectivity index (χ1v) is 9.71. The third kappa shape index (κ3) is 2.40. The van der Waals surface area contributed by atoms with Crippen LogP contribution >= 0.6 is 11.8 Å². The van der Waals surface area contributed by atoms with Gasteiger partial charge in [0, 0.05) is 11.3 Å². The molecule has 3 saturated carbocycles. The Morgan fingerprint density at radius 1 is 1.20 bits per heavy atom. The van der Waals surface area contributed by atoms with Gasteiger partial charge in [0.25, 0.3) is 0 Å². The van der Waals surface area contributed by atoms with Crippen LogP contribution in [0.5, 0.6) is 0 Å².